The second kappa shape index (κ2) is 8.03. The number of hydrogen-bond donors (Lipinski definition) is 1. The molecule has 3 rings (SSSR count). The number of nitrogens with zero attached hydrogens (tertiary/aromatic N) is 2. The lowest BCUT2D eigenvalue weighted by Crippen LogP contribution is -2.43. The minimum Gasteiger partial charge on any atom is -0.325 e. The molecule has 27 heavy (non-hydrogen) atoms. The summed E-state index contributed by atoms with van der Waals surface area (Å²) in [6.07, 6.45) is 1.73. The van der Waals surface area contributed by atoms with Gasteiger partial charge < -0.3 is 9.88 Å². The Morgan fingerprint density at radius 2 is 1.52 bits per heavy atom. The maximum absolute atomic E-state index is 12.6. The van der Waals surface area contributed by atoms with E-state index < -0.39 is 11.1 Å². The van der Waals surface area contributed by atoms with Crippen molar-refractivity contribution in [3.8, 4) is 0 Å². The van der Waals surface area contributed by atoms with Gasteiger partial charge in [0.25, 0.3) is 0 Å². The van der Waals surface area contributed by atoms with Gasteiger partial charge in [-0.25, -0.2) is 0 Å². The Labute approximate surface area is 157 Å². The van der Waals surface area contributed by atoms with Crippen LogP contribution in [0.4, 0.5) is 5.69 Å². The molecule has 1 heterocycles. The number of para-hydroxylation sites is 2. The Morgan fingerprint density at radius 1 is 0.926 bits per heavy atom. The zero-order chi connectivity index (χ0) is 19.4. The molecule has 0 spiro atoms. The molecule has 0 fully saturated rings. The van der Waals surface area contributed by atoms with Gasteiger partial charge in [0.15, 0.2) is 0 Å². The highest BCUT2D eigenvalue weighted by atomic mass is 16.2. The first-order valence-electron chi connectivity index (χ1n) is 9.10. The van der Waals surface area contributed by atoms with Gasteiger partial charge >= 0.3 is 11.1 Å². The highest BCUT2D eigenvalue weighted by Gasteiger charge is 2.15. The molecule has 2 aromatic carbocycles. The number of benzene rings is 2. The fraction of sp³-hybridized carbons (Fsp3) is 0.286. The number of aryl methyl sites for hydroxylation is 2. The van der Waals surface area contributed by atoms with E-state index in [0.717, 1.165) is 18.4 Å². The zero-order valence-electron chi connectivity index (χ0n) is 15.6. The lowest BCUT2D eigenvalue weighted by Gasteiger charge is -2.15. The molecule has 0 unspecified atom stereocenters. The number of unbranched alkanes of at least 4 members (excludes halogenated alkanes) is 1. The molecule has 0 aliphatic carbocycles. The van der Waals surface area contributed by atoms with Gasteiger partial charge in [0.2, 0.25) is 5.91 Å². The fourth-order valence-electron chi connectivity index (χ4n) is 3.05. The summed E-state index contributed by atoms with van der Waals surface area (Å²) in [6, 6.07) is 14.6. The summed E-state index contributed by atoms with van der Waals surface area (Å²) >= 11 is 0. The van der Waals surface area contributed by atoms with Gasteiger partial charge in [-0.3, -0.25) is 19.0 Å². The first kappa shape index (κ1) is 18.6. The molecule has 1 amide bonds. The Kier molecular flexibility index (Phi) is 5.54. The average Bonchev–Trinajstić information content (AvgIpc) is 2.67. The van der Waals surface area contributed by atoms with E-state index in [-0.39, 0.29) is 12.5 Å². The van der Waals surface area contributed by atoms with Gasteiger partial charge in [0.1, 0.15) is 6.54 Å². The van der Waals surface area contributed by atoms with Crippen LogP contribution in [0.2, 0.25) is 0 Å². The molecule has 0 saturated heterocycles. The van der Waals surface area contributed by atoms with E-state index in [9.17, 15) is 14.4 Å². The highest BCUT2D eigenvalue weighted by molar-refractivity contribution is 5.91. The Hall–Kier alpha value is -3.15. The summed E-state index contributed by atoms with van der Waals surface area (Å²) in [5.41, 5.74) is 1.72. The van der Waals surface area contributed by atoms with Crippen LogP contribution in [-0.4, -0.2) is 15.0 Å². The minimum atomic E-state index is -0.677. The molecule has 6 heteroatoms. The van der Waals surface area contributed by atoms with Crippen molar-refractivity contribution in [2.24, 2.45) is 0 Å². The van der Waals surface area contributed by atoms with Gasteiger partial charge in [-0.15, -0.1) is 0 Å². The molecule has 140 valence electrons. The maximum Gasteiger partial charge on any atom is 0.317 e. The number of carbonyl (C=O) groups is 1. The molecule has 0 radical (unpaired) electrons. The molecule has 1 aromatic heterocycles. The lowest BCUT2D eigenvalue weighted by atomic mass is 10.2. The van der Waals surface area contributed by atoms with Crippen LogP contribution < -0.4 is 16.4 Å². The number of anilines is 1. The van der Waals surface area contributed by atoms with Crippen LogP contribution in [-0.2, 0) is 17.9 Å². The van der Waals surface area contributed by atoms with Crippen molar-refractivity contribution in [1.29, 1.82) is 0 Å². The van der Waals surface area contributed by atoms with E-state index in [4.69, 9.17) is 0 Å². The van der Waals surface area contributed by atoms with Crippen LogP contribution in [0.5, 0.6) is 0 Å². The van der Waals surface area contributed by atoms with Crippen molar-refractivity contribution < 1.29 is 4.79 Å². The molecule has 0 aliphatic heterocycles. The predicted octanol–water partition coefficient (Wildman–Crippen LogP) is 2.91. The number of carbonyl (C=O) groups excluding carboxylic acids is 1. The Balaban J connectivity index is 1.98. The second-order valence-corrected chi connectivity index (χ2v) is 6.60. The van der Waals surface area contributed by atoms with Crippen molar-refractivity contribution in [2.75, 3.05) is 5.32 Å². The van der Waals surface area contributed by atoms with Crippen LogP contribution in [0.1, 0.15) is 25.3 Å². The predicted molar refractivity (Wildman–Crippen MR) is 107 cm³/mol. The van der Waals surface area contributed by atoms with Crippen LogP contribution in [0.25, 0.3) is 11.0 Å². The largest absolute Gasteiger partial charge is 0.325 e. The van der Waals surface area contributed by atoms with Crippen LogP contribution in [0.15, 0.2) is 58.1 Å². The van der Waals surface area contributed by atoms with Gasteiger partial charge in [-0.2, -0.15) is 0 Å². The van der Waals surface area contributed by atoms with Crippen molar-refractivity contribution in [2.45, 2.75) is 39.8 Å². The van der Waals surface area contributed by atoms with E-state index in [1.54, 1.807) is 30.3 Å². The molecule has 0 bridgehead atoms. The number of fused-ring (bicyclic) bond motifs is 1. The third kappa shape index (κ3) is 4.00. The monoisotopic (exact) mass is 365 g/mol. The standard InChI is InChI=1S/C21H23N3O3/c1-3-4-13-23-17-7-5-6-8-18(17)24(21(27)20(23)26)14-19(25)22-16-11-9-15(2)10-12-16/h5-12H,3-4,13-14H2,1-2H3,(H,22,25). The van der Waals surface area contributed by atoms with E-state index >= 15 is 0 Å². The molecular weight excluding hydrogens is 342 g/mol. The molecule has 6 nitrogen and oxygen atoms in total. The number of nitrogens with one attached hydrogen (secondary N) is 1. The fourth-order valence-corrected chi connectivity index (χ4v) is 3.05. The normalized spacial score (nSPS) is 10.9. The molecule has 0 saturated carbocycles. The second-order valence-electron chi connectivity index (χ2n) is 6.60. The van der Waals surface area contributed by atoms with Crippen LogP contribution in [0.3, 0.4) is 0 Å². The third-order valence-electron chi connectivity index (χ3n) is 4.51. The van der Waals surface area contributed by atoms with Gasteiger partial charge in [0.05, 0.1) is 11.0 Å². The number of hydrogen-bond acceptors (Lipinski definition) is 3. The third-order valence-corrected chi connectivity index (χ3v) is 4.51. The van der Waals surface area contributed by atoms with E-state index in [2.05, 4.69) is 5.32 Å². The van der Waals surface area contributed by atoms with E-state index in [1.807, 2.05) is 32.0 Å². The summed E-state index contributed by atoms with van der Waals surface area (Å²) in [4.78, 5) is 37.7. The molecule has 0 atom stereocenters. The summed E-state index contributed by atoms with van der Waals surface area (Å²) in [5, 5.41) is 2.77. The van der Waals surface area contributed by atoms with Crippen molar-refractivity contribution >= 4 is 22.6 Å². The SMILES string of the molecule is CCCCn1c(=O)c(=O)n(CC(=O)Nc2ccc(C)cc2)c2ccccc21. The maximum atomic E-state index is 12.6. The first-order chi connectivity index (χ1) is 13.0. The number of rotatable bonds is 6. The molecular formula is C21H23N3O3. The van der Waals surface area contributed by atoms with Crippen LogP contribution in [0, 0.1) is 6.92 Å². The quantitative estimate of drug-likeness (QED) is 0.683. The van der Waals surface area contributed by atoms with Gasteiger partial charge in [-0.1, -0.05) is 43.2 Å². The van der Waals surface area contributed by atoms with Crippen molar-refractivity contribution in [3.63, 3.8) is 0 Å². The summed E-state index contributed by atoms with van der Waals surface area (Å²) in [5.74, 6) is -0.350. The highest BCUT2D eigenvalue weighted by Crippen LogP contribution is 2.12. The van der Waals surface area contributed by atoms with E-state index in [0.29, 0.717) is 23.3 Å². The molecule has 3 aromatic rings. The summed E-state index contributed by atoms with van der Waals surface area (Å²) in [6.45, 7) is 4.27. The van der Waals surface area contributed by atoms with Crippen LogP contribution >= 0.6 is 0 Å². The number of amides is 1. The smallest absolute Gasteiger partial charge is 0.317 e. The van der Waals surface area contributed by atoms with E-state index in [1.165, 1.54) is 9.13 Å². The van der Waals surface area contributed by atoms with Gasteiger partial charge in [-0.05, 0) is 37.6 Å². The summed E-state index contributed by atoms with van der Waals surface area (Å²) in [7, 11) is 0. The van der Waals surface area contributed by atoms with Gasteiger partial charge in [0, 0.05) is 12.2 Å². The average molecular weight is 365 g/mol. The minimum absolute atomic E-state index is 0.211. The topological polar surface area (TPSA) is 73.1 Å². The zero-order valence-corrected chi connectivity index (χ0v) is 15.6. The lowest BCUT2D eigenvalue weighted by molar-refractivity contribution is -0.116. The van der Waals surface area contributed by atoms with Crippen molar-refractivity contribution in [3.05, 3.63) is 74.8 Å². The Bertz CT molecular complexity index is 1080. The molecule has 1 N–H and O–H groups in total. The molecule has 0 aliphatic rings. The number of aromatic nitrogens is 2. The Morgan fingerprint density at radius 3 is 2.15 bits per heavy atom. The summed E-state index contributed by atoms with van der Waals surface area (Å²) < 4.78 is 2.76. The first-order valence-corrected chi connectivity index (χ1v) is 9.10. The van der Waals surface area contributed by atoms with Crippen molar-refractivity contribution in [1.82, 2.24) is 9.13 Å².